The van der Waals surface area contributed by atoms with E-state index in [9.17, 15) is 8.42 Å². The van der Waals surface area contributed by atoms with Gasteiger partial charge in [0.2, 0.25) is 10.0 Å². The van der Waals surface area contributed by atoms with Crippen molar-refractivity contribution in [1.82, 2.24) is 9.21 Å². The largest absolute Gasteiger partial charge is 0.306 e. The van der Waals surface area contributed by atoms with Crippen LogP contribution in [0, 0.1) is 5.92 Å². The first-order valence-corrected chi connectivity index (χ1v) is 9.34. The van der Waals surface area contributed by atoms with Gasteiger partial charge in [0.1, 0.15) is 0 Å². The second kappa shape index (κ2) is 7.59. The summed E-state index contributed by atoms with van der Waals surface area (Å²) in [6, 6.07) is 7.20. The normalized spacial score (nSPS) is 18.4. The standard InChI is InChI=1S/C16H23ClN2O2S/c1-18-10-7-14(8-11-18)13-19(2)22(20,21)12-9-15-5-3-4-6-16(15)17/h3-6,9,12,14H,7-8,10-11,13H2,1-2H3/b12-9+. The van der Waals surface area contributed by atoms with Crippen molar-refractivity contribution in [2.24, 2.45) is 5.92 Å². The molecule has 0 unspecified atom stereocenters. The number of benzene rings is 1. The minimum absolute atomic E-state index is 0.435. The molecule has 1 aliphatic heterocycles. The van der Waals surface area contributed by atoms with Crippen LogP contribution in [-0.4, -0.2) is 51.4 Å². The van der Waals surface area contributed by atoms with Crippen molar-refractivity contribution in [2.45, 2.75) is 12.8 Å². The second-order valence-corrected chi connectivity index (χ2v) is 8.23. The van der Waals surface area contributed by atoms with Crippen LogP contribution in [0.25, 0.3) is 6.08 Å². The van der Waals surface area contributed by atoms with E-state index in [1.54, 1.807) is 25.3 Å². The molecule has 1 fully saturated rings. The Kier molecular flexibility index (Phi) is 6.03. The molecule has 6 heteroatoms. The summed E-state index contributed by atoms with van der Waals surface area (Å²) in [7, 11) is 0.336. The lowest BCUT2D eigenvalue weighted by Crippen LogP contribution is -2.37. The number of nitrogens with zero attached hydrogens (tertiary/aromatic N) is 2. The summed E-state index contributed by atoms with van der Waals surface area (Å²) >= 11 is 6.04. The average molecular weight is 343 g/mol. The van der Waals surface area contributed by atoms with Crippen LogP contribution >= 0.6 is 11.6 Å². The lowest BCUT2D eigenvalue weighted by Gasteiger charge is -2.30. The van der Waals surface area contributed by atoms with Gasteiger partial charge < -0.3 is 4.90 Å². The Bertz CT molecular complexity index is 623. The van der Waals surface area contributed by atoms with Crippen molar-refractivity contribution in [3.8, 4) is 0 Å². The first kappa shape index (κ1) is 17.5. The van der Waals surface area contributed by atoms with Gasteiger partial charge in [-0.3, -0.25) is 0 Å². The van der Waals surface area contributed by atoms with E-state index in [1.807, 2.05) is 12.1 Å². The maximum absolute atomic E-state index is 12.3. The quantitative estimate of drug-likeness (QED) is 0.826. The molecule has 1 aromatic carbocycles. The first-order chi connectivity index (χ1) is 10.4. The van der Waals surface area contributed by atoms with Crippen LogP contribution in [0.5, 0.6) is 0 Å². The summed E-state index contributed by atoms with van der Waals surface area (Å²) in [6.45, 7) is 2.64. The number of halogens is 1. The monoisotopic (exact) mass is 342 g/mol. The predicted octanol–water partition coefficient (Wildman–Crippen LogP) is 2.91. The summed E-state index contributed by atoms with van der Waals surface area (Å²) in [6.07, 6.45) is 3.65. The molecule has 0 N–H and O–H groups in total. The summed E-state index contributed by atoms with van der Waals surface area (Å²) in [4.78, 5) is 2.28. The van der Waals surface area contributed by atoms with Gasteiger partial charge >= 0.3 is 0 Å². The second-order valence-electron chi connectivity index (χ2n) is 5.90. The van der Waals surface area contributed by atoms with Crippen molar-refractivity contribution in [2.75, 3.05) is 33.7 Å². The van der Waals surface area contributed by atoms with E-state index < -0.39 is 10.0 Å². The molecule has 0 radical (unpaired) electrons. The van der Waals surface area contributed by atoms with Crippen molar-refractivity contribution in [3.63, 3.8) is 0 Å². The van der Waals surface area contributed by atoms with E-state index in [2.05, 4.69) is 11.9 Å². The molecule has 1 heterocycles. The fraction of sp³-hybridized carbons (Fsp3) is 0.500. The van der Waals surface area contributed by atoms with Gasteiger partial charge in [0.05, 0.1) is 0 Å². The highest BCUT2D eigenvalue weighted by molar-refractivity contribution is 7.92. The third-order valence-corrected chi connectivity index (χ3v) is 5.95. The van der Waals surface area contributed by atoms with Gasteiger partial charge in [-0.2, -0.15) is 0 Å². The first-order valence-electron chi connectivity index (χ1n) is 7.46. The number of sulfonamides is 1. The molecule has 1 aromatic rings. The zero-order valence-corrected chi connectivity index (χ0v) is 14.6. The molecule has 22 heavy (non-hydrogen) atoms. The lowest BCUT2D eigenvalue weighted by atomic mass is 9.97. The highest BCUT2D eigenvalue weighted by atomic mass is 35.5. The van der Waals surface area contributed by atoms with Gasteiger partial charge in [-0.25, -0.2) is 12.7 Å². The molecule has 4 nitrogen and oxygen atoms in total. The molecule has 0 amide bonds. The summed E-state index contributed by atoms with van der Waals surface area (Å²) < 4.78 is 26.1. The van der Waals surface area contributed by atoms with E-state index in [1.165, 1.54) is 9.71 Å². The summed E-state index contributed by atoms with van der Waals surface area (Å²) in [5.74, 6) is 0.435. The Hall–Kier alpha value is -0.880. The Morgan fingerprint density at radius 3 is 2.59 bits per heavy atom. The number of hydrogen-bond donors (Lipinski definition) is 0. The third kappa shape index (κ3) is 4.81. The third-order valence-electron chi connectivity index (χ3n) is 4.11. The highest BCUT2D eigenvalue weighted by Crippen LogP contribution is 2.20. The smallest absolute Gasteiger partial charge is 0.235 e. The fourth-order valence-corrected chi connectivity index (χ4v) is 3.73. The van der Waals surface area contributed by atoms with E-state index >= 15 is 0 Å². The number of rotatable bonds is 5. The maximum atomic E-state index is 12.3. The van der Waals surface area contributed by atoms with Crippen molar-refractivity contribution < 1.29 is 8.42 Å². The molecule has 0 bridgehead atoms. The Labute approximate surface area is 138 Å². The van der Waals surface area contributed by atoms with Gasteiger partial charge in [0, 0.05) is 24.0 Å². The van der Waals surface area contributed by atoms with Crippen LogP contribution in [0.1, 0.15) is 18.4 Å². The molecule has 0 aliphatic carbocycles. The lowest BCUT2D eigenvalue weighted by molar-refractivity contribution is 0.202. The van der Waals surface area contributed by atoms with Gasteiger partial charge in [-0.1, -0.05) is 29.8 Å². The van der Waals surface area contributed by atoms with Crippen LogP contribution in [0.3, 0.4) is 0 Å². The van der Waals surface area contributed by atoms with Gasteiger partial charge in [-0.05, 0) is 56.6 Å². The zero-order valence-electron chi connectivity index (χ0n) is 13.1. The topological polar surface area (TPSA) is 40.6 Å². The highest BCUT2D eigenvalue weighted by Gasteiger charge is 2.22. The van der Waals surface area contributed by atoms with Crippen molar-refractivity contribution >= 4 is 27.7 Å². The van der Waals surface area contributed by atoms with Crippen LogP contribution in [0.2, 0.25) is 5.02 Å². The molecule has 1 aliphatic rings. The number of piperidine rings is 1. The van der Waals surface area contributed by atoms with Gasteiger partial charge in [0.25, 0.3) is 0 Å². The van der Waals surface area contributed by atoms with E-state index in [0.717, 1.165) is 25.9 Å². The minimum atomic E-state index is -3.41. The molecular weight excluding hydrogens is 320 g/mol. The summed E-state index contributed by atoms with van der Waals surface area (Å²) in [5, 5.41) is 1.79. The molecule has 0 atom stereocenters. The molecule has 0 saturated carbocycles. The predicted molar refractivity (Wildman–Crippen MR) is 92.3 cm³/mol. The van der Waals surface area contributed by atoms with E-state index in [4.69, 9.17) is 11.6 Å². The number of likely N-dealkylation sites (tertiary alicyclic amines) is 1. The molecule has 2 rings (SSSR count). The minimum Gasteiger partial charge on any atom is -0.306 e. The van der Waals surface area contributed by atoms with Gasteiger partial charge in [-0.15, -0.1) is 0 Å². The van der Waals surface area contributed by atoms with Gasteiger partial charge in [0.15, 0.2) is 0 Å². The fourth-order valence-electron chi connectivity index (χ4n) is 2.59. The molecule has 122 valence electrons. The zero-order chi connectivity index (χ0) is 16.2. The summed E-state index contributed by atoms with van der Waals surface area (Å²) in [5.41, 5.74) is 0.709. The average Bonchev–Trinajstić information content (AvgIpc) is 2.49. The maximum Gasteiger partial charge on any atom is 0.235 e. The van der Waals surface area contributed by atoms with E-state index in [0.29, 0.717) is 23.0 Å². The Morgan fingerprint density at radius 2 is 1.95 bits per heavy atom. The Morgan fingerprint density at radius 1 is 1.32 bits per heavy atom. The molecular formula is C16H23ClN2O2S. The molecule has 1 saturated heterocycles. The van der Waals surface area contributed by atoms with Crippen LogP contribution in [0.15, 0.2) is 29.7 Å². The van der Waals surface area contributed by atoms with E-state index in [-0.39, 0.29) is 0 Å². The van der Waals surface area contributed by atoms with Crippen molar-refractivity contribution in [3.05, 3.63) is 40.3 Å². The SMILES string of the molecule is CN1CCC(CN(C)S(=O)(=O)/C=C/c2ccccc2Cl)CC1. The van der Waals surface area contributed by atoms with Crippen LogP contribution in [-0.2, 0) is 10.0 Å². The van der Waals surface area contributed by atoms with Crippen LogP contribution in [0.4, 0.5) is 0 Å². The molecule has 0 aromatic heterocycles. The molecule has 0 spiro atoms. The van der Waals surface area contributed by atoms with Crippen molar-refractivity contribution in [1.29, 1.82) is 0 Å². The number of hydrogen-bond acceptors (Lipinski definition) is 3. The Balaban J connectivity index is 1.99. The van der Waals surface area contributed by atoms with Crippen LogP contribution < -0.4 is 0 Å².